The van der Waals surface area contributed by atoms with E-state index in [9.17, 15) is 4.79 Å². The number of aliphatic carboxylic acids is 1. The average molecular weight is 249 g/mol. The Kier molecular flexibility index (Phi) is 4.38. The van der Waals surface area contributed by atoms with Gasteiger partial charge in [0.2, 0.25) is 0 Å². The number of nitrogens with one attached hydrogen (secondary N) is 1. The average Bonchev–Trinajstić information content (AvgIpc) is 2.27. The van der Waals surface area contributed by atoms with Crippen molar-refractivity contribution < 1.29 is 9.90 Å². The molecular weight excluding hydrogens is 226 g/mol. The molecule has 3 heteroatoms. The van der Waals surface area contributed by atoms with Crippen LogP contribution in [0.3, 0.4) is 0 Å². The number of carboxylic acids is 1. The second kappa shape index (κ2) is 5.42. The van der Waals surface area contributed by atoms with E-state index in [4.69, 9.17) is 5.11 Å². The molecule has 1 aromatic rings. The Hall–Kier alpha value is -1.51. The first-order valence-electron chi connectivity index (χ1n) is 6.31. The Morgan fingerprint density at radius 3 is 2.06 bits per heavy atom. The third-order valence-electron chi connectivity index (χ3n) is 3.28. The summed E-state index contributed by atoms with van der Waals surface area (Å²) in [7, 11) is 0. The van der Waals surface area contributed by atoms with Crippen LogP contribution in [-0.2, 0) is 10.2 Å². The molecule has 0 saturated heterocycles. The molecule has 0 aromatic heterocycles. The molecule has 3 nitrogen and oxygen atoms in total. The first-order chi connectivity index (χ1) is 8.21. The van der Waals surface area contributed by atoms with Crippen LogP contribution in [0.4, 0.5) is 5.69 Å². The fraction of sp³-hybridized carbons (Fsp3) is 0.533. The van der Waals surface area contributed by atoms with E-state index in [1.165, 1.54) is 5.56 Å². The zero-order valence-electron chi connectivity index (χ0n) is 11.8. The van der Waals surface area contributed by atoms with E-state index in [2.05, 4.69) is 38.2 Å². The molecule has 2 atom stereocenters. The van der Waals surface area contributed by atoms with Crippen LogP contribution >= 0.6 is 0 Å². The fourth-order valence-electron chi connectivity index (χ4n) is 1.67. The van der Waals surface area contributed by atoms with E-state index in [1.54, 1.807) is 6.92 Å². The normalized spacial score (nSPS) is 14.9. The van der Waals surface area contributed by atoms with E-state index >= 15 is 0 Å². The lowest BCUT2D eigenvalue weighted by molar-refractivity contribution is -0.141. The van der Waals surface area contributed by atoms with Gasteiger partial charge in [0.25, 0.3) is 0 Å². The van der Waals surface area contributed by atoms with E-state index in [0.717, 1.165) is 5.69 Å². The summed E-state index contributed by atoms with van der Waals surface area (Å²) in [5, 5.41) is 12.2. The van der Waals surface area contributed by atoms with E-state index in [-0.39, 0.29) is 11.5 Å². The molecule has 0 aliphatic rings. The van der Waals surface area contributed by atoms with Crippen LogP contribution in [0.1, 0.15) is 40.2 Å². The molecule has 1 rings (SSSR count). The van der Waals surface area contributed by atoms with Gasteiger partial charge in [-0.05, 0) is 37.0 Å². The number of hydrogen-bond acceptors (Lipinski definition) is 2. The quantitative estimate of drug-likeness (QED) is 0.858. The summed E-state index contributed by atoms with van der Waals surface area (Å²) in [5.41, 5.74) is 2.37. The Bertz CT molecular complexity index is 403. The second-order valence-corrected chi connectivity index (χ2v) is 5.89. The minimum absolute atomic E-state index is 0.0945. The summed E-state index contributed by atoms with van der Waals surface area (Å²) < 4.78 is 0. The molecular formula is C15H23NO2. The summed E-state index contributed by atoms with van der Waals surface area (Å²) in [6.45, 7) is 10.1. The van der Waals surface area contributed by atoms with Crippen LogP contribution in [0.25, 0.3) is 0 Å². The highest BCUT2D eigenvalue weighted by Gasteiger charge is 2.19. The second-order valence-electron chi connectivity index (χ2n) is 5.89. The van der Waals surface area contributed by atoms with Gasteiger partial charge in [0, 0.05) is 11.7 Å². The van der Waals surface area contributed by atoms with Gasteiger partial charge in [0.1, 0.15) is 0 Å². The molecule has 0 saturated carbocycles. The smallest absolute Gasteiger partial charge is 0.308 e. The van der Waals surface area contributed by atoms with Gasteiger partial charge in [-0.3, -0.25) is 4.79 Å². The minimum atomic E-state index is -0.777. The van der Waals surface area contributed by atoms with Gasteiger partial charge >= 0.3 is 5.97 Å². The van der Waals surface area contributed by atoms with Gasteiger partial charge in [0.15, 0.2) is 0 Å². The molecule has 0 amide bonds. The molecule has 0 spiro atoms. The Balaban J connectivity index is 2.73. The predicted molar refractivity (Wildman–Crippen MR) is 75.0 cm³/mol. The maximum Gasteiger partial charge on any atom is 0.308 e. The molecule has 0 aliphatic heterocycles. The maximum absolute atomic E-state index is 10.9. The van der Waals surface area contributed by atoms with Crippen molar-refractivity contribution in [3.8, 4) is 0 Å². The molecule has 0 radical (unpaired) electrons. The molecule has 0 heterocycles. The van der Waals surface area contributed by atoms with E-state index < -0.39 is 11.9 Å². The first kappa shape index (κ1) is 14.6. The van der Waals surface area contributed by atoms with Gasteiger partial charge in [0.05, 0.1) is 5.92 Å². The molecule has 0 fully saturated rings. The number of hydrogen-bond donors (Lipinski definition) is 2. The van der Waals surface area contributed by atoms with Crippen LogP contribution in [0.15, 0.2) is 24.3 Å². The Morgan fingerprint density at radius 1 is 1.17 bits per heavy atom. The van der Waals surface area contributed by atoms with Crippen molar-refractivity contribution in [2.24, 2.45) is 5.92 Å². The number of carbonyl (C=O) groups is 1. The highest BCUT2D eigenvalue weighted by Crippen LogP contribution is 2.24. The highest BCUT2D eigenvalue weighted by molar-refractivity contribution is 5.71. The van der Waals surface area contributed by atoms with Crippen LogP contribution in [-0.4, -0.2) is 17.1 Å². The Morgan fingerprint density at radius 2 is 1.67 bits per heavy atom. The van der Waals surface area contributed by atoms with Crippen molar-refractivity contribution in [3.05, 3.63) is 29.8 Å². The fourth-order valence-corrected chi connectivity index (χ4v) is 1.67. The summed E-state index contributed by atoms with van der Waals surface area (Å²) in [5.74, 6) is -1.19. The van der Waals surface area contributed by atoms with Gasteiger partial charge in [-0.1, -0.05) is 32.9 Å². The van der Waals surface area contributed by atoms with E-state index in [1.807, 2.05) is 19.1 Å². The van der Waals surface area contributed by atoms with E-state index in [0.29, 0.717) is 0 Å². The predicted octanol–water partition coefficient (Wildman–Crippen LogP) is 3.51. The van der Waals surface area contributed by atoms with Gasteiger partial charge in [-0.2, -0.15) is 0 Å². The van der Waals surface area contributed by atoms with Crippen molar-refractivity contribution >= 4 is 11.7 Å². The van der Waals surface area contributed by atoms with Crippen molar-refractivity contribution in [1.29, 1.82) is 0 Å². The van der Waals surface area contributed by atoms with Crippen LogP contribution in [0.2, 0.25) is 0 Å². The monoisotopic (exact) mass is 249 g/mol. The lowest BCUT2D eigenvalue weighted by Gasteiger charge is -2.22. The summed E-state index contributed by atoms with van der Waals surface area (Å²) >= 11 is 0. The molecule has 2 unspecified atom stereocenters. The lowest BCUT2D eigenvalue weighted by atomic mass is 9.87. The van der Waals surface area contributed by atoms with Gasteiger partial charge < -0.3 is 10.4 Å². The number of benzene rings is 1. The van der Waals surface area contributed by atoms with Crippen LogP contribution in [0.5, 0.6) is 0 Å². The first-order valence-corrected chi connectivity index (χ1v) is 6.31. The summed E-state index contributed by atoms with van der Waals surface area (Å²) in [6, 6.07) is 8.08. The lowest BCUT2D eigenvalue weighted by Crippen LogP contribution is -2.29. The minimum Gasteiger partial charge on any atom is -0.481 e. The topological polar surface area (TPSA) is 49.3 Å². The third-order valence-corrected chi connectivity index (χ3v) is 3.28. The SMILES string of the molecule is CC(Nc1ccc(C(C)(C)C)cc1)C(C)C(=O)O. The maximum atomic E-state index is 10.9. The Labute approximate surface area is 109 Å². The molecule has 100 valence electrons. The zero-order chi connectivity index (χ0) is 13.9. The van der Waals surface area contributed by atoms with Gasteiger partial charge in [-0.25, -0.2) is 0 Å². The van der Waals surface area contributed by atoms with Crippen LogP contribution in [0, 0.1) is 5.92 Å². The zero-order valence-corrected chi connectivity index (χ0v) is 11.8. The summed E-state index contributed by atoms with van der Waals surface area (Å²) in [6.07, 6.45) is 0. The standard InChI is InChI=1S/C15H23NO2/c1-10(14(17)18)11(2)16-13-8-6-12(7-9-13)15(3,4)5/h6-11,16H,1-5H3,(H,17,18). The molecule has 18 heavy (non-hydrogen) atoms. The van der Waals surface area contributed by atoms with Crippen molar-refractivity contribution in [2.45, 2.75) is 46.1 Å². The number of rotatable bonds is 4. The third kappa shape index (κ3) is 3.76. The number of anilines is 1. The van der Waals surface area contributed by atoms with Gasteiger partial charge in [-0.15, -0.1) is 0 Å². The molecule has 0 bridgehead atoms. The molecule has 2 N–H and O–H groups in total. The number of carboxylic acid groups (broad SMARTS) is 1. The summed E-state index contributed by atoms with van der Waals surface area (Å²) in [4.78, 5) is 10.9. The van der Waals surface area contributed by atoms with Crippen molar-refractivity contribution in [2.75, 3.05) is 5.32 Å². The van der Waals surface area contributed by atoms with Crippen molar-refractivity contribution in [1.82, 2.24) is 0 Å². The largest absolute Gasteiger partial charge is 0.481 e. The molecule has 1 aromatic carbocycles. The van der Waals surface area contributed by atoms with Crippen molar-refractivity contribution in [3.63, 3.8) is 0 Å². The van der Waals surface area contributed by atoms with Crippen LogP contribution < -0.4 is 5.32 Å². The highest BCUT2D eigenvalue weighted by atomic mass is 16.4. The molecule has 0 aliphatic carbocycles.